The molecule has 103 heavy (non-hydrogen) atoms. The highest BCUT2D eigenvalue weighted by molar-refractivity contribution is 7.47. The van der Waals surface area contributed by atoms with Crippen LogP contribution in [-0.2, 0) is 65.4 Å². The third-order valence-corrected chi connectivity index (χ3v) is 21.6. The predicted molar refractivity (Wildman–Crippen MR) is 423 cm³/mol. The first kappa shape index (κ1) is 101. The molecule has 0 fully saturated rings. The van der Waals surface area contributed by atoms with Gasteiger partial charge >= 0.3 is 39.5 Å². The molecule has 0 heterocycles. The van der Waals surface area contributed by atoms with Crippen LogP contribution in [0.2, 0.25) is 0 Å². The molecule has 0 aromatic heterocycles. The molecule has 0 aromatic rings. The first-order chi connectivity index (χ1) is 49.9. The number of phosphoric ester groups is 2. The Bertz CT molecular complexity index is 1980. The number of aliphatic hydroxyl groups is 1. The molecule has 5 atom stereocenters. The van der Waals surface area contributed by atoms with Gasteiger partial charge in [0.15, 0.2) is 12.2 Å². The van der Waals surface area contributed by atoms with E-state index in [1.54, 1.807) is 0 Å². The molecule has 0 saturated heterocycles. The number of unbranched alkanes of at least 4 members (excludes halogenated alkanes) is 53. The molecule has 0 bridgehead atoms. The second-order valence-corrected chi connectivity index (χ2v) is 34.1. The van der Waals surface area contributed by atoms with Crippen molar-refractivity contribution in [3.05, 3.63) is 0 Å². The molecule has 3 N–H and O–H groups in total. The topological polar surface area (TPSA) is 237 Å². The molecule has 0 radical (unpaired) electrons. The largest absolute Gasteiger partial charge is 0.472 e. The maximum absolute atomic E-state index is 13.1. The number of esters is 4. The van der Waals surface area contributed by atoms with Gasteiger partial charge in [-0.2, -0.15) is 0 Å². The van der Waals surface area contributed by atoms with Crippen molar-refractivity contribution in [2.24, 2.45) is 11.8 Å². The van der Waals surface area contributed by atoms with Gasteiger partial charge in [-0.15, -0.1) is 0 Å². The lowest BCUT2D eigenvalue weighted by molar-refractivity contribution is -0.161. The summed E-state index contributed by atoms with van der Waals surface area (Å²) in [5.74, 6) is -0.482. The Balaban J connectivity index is 5.24. The monoisotopic (exact) mass is 1510 g/mol. The molecular weight excluding hydrogens is 1340 g/mol. The highest BCUT2D eigenvalue weighted by atomic mass is 31.2. The van der Waals surface area contributed by atoms with Gasteiger partial charge in [-0.1, -0.05) is 395 Å². The molecule has 19 heteroatoms. The Morgan fingerprint density at radius 2 is 0.447 bits per heavy atom. The molecular formula is C84H164O17P2. The van der Waals surface area contributed by atoms with E-state index in [-0.39, 0.29) is 25.7 Å². The van der Waals surface area contributed by atoms with E-state index in [0.717, 1.165) is 102 Å². The molecule has 0 aliphatic rings. The summed E-state index contributed by atoms with van der Waals surface area (Å²) in [7, 11) is -9.92. The third-order valence-electron chi connectivity index (χ3n) is 19.7. The van der Waals surface area contributed by atoms with Crippen molar-refractivity contribution in [1.82, 2.24) is 0 Å². The summed E-state index contributed by atoms with van der Waals surface area (Å²) in [5.41, 5.74) is 0. The van der Waals surface area contributed by atoms with Crippen LogP contribution < -0.4 is 0 Å². The first-order valence-electron chi connectivity index (χ1n) is 43.5. The number of phosphoric acid groups is 2. The van der Waals surface area contributed by atoms with E-state index in [2.05, 4.69) is 41.5 Å². The van der Waals surface area contributed by atoms with E-state index >= 15 is 0 Å². The van der Waals surface area contributed by atoms with Gasteiger partial charge in [0.05, 0.1) is 26.4 Å². The van der Waals surface area contributed by atoms with E-state index in [9.17, 15) is 43.2 Å². The average Bonchev–Trinajstić information content (AvgIpc) is 0.919. The average molecular weight is 1510 g/mol. The molecule has 0 saturated carbocycles. The molecule has 612 valence electrons. The van der Waals surface area contributed by atoms with Gasteiger partial charge in [-0.25, -0.2) is 9.13 Å². The van der Waals surface area contributed by atoms with Crippen molar-refractivity contribution in [2.45, 2.75) is 464 Å². The van der Waals surface area contributed by atoms with Crippen LogP contribution in [0.5, 0.6) is 0 Å². The van der Waals surface area contributed by atoms with Gasteiger partial charge < -0.3 is 33.8 Å². The lowest BCUT2D eigenvalue weighted by Crippen LogP contribution is -2.30. The summed E-state index contributed by atoms with van der Waals surface area (Å²) in [6.45, 7) is 9.72. The summed E-state index contributed by atoms with van der Waals surface area (Å²) >= 11 is 0. The summed E-state index contributed by atoms with van der Waals surface area (Å²) in [5, 5.41) is 10.7. The standard InChI is InChI=1S/C84H164O17P2/c1-7-9-11-13-15-17-19-29-38-44-50-56-62-68-83(88)100-79(72-94-81(86)66-60-54-48-42-36-20-18-16-14-12-10-8-2)74-98-102(90,91)96-70-78(85)71-97-103(92,93)99-75-80(73-95-82(87)67-61-55-49-43-37-32-28-27-31-35-41-47-53-59-65-77(5)6)101-84(89)69-63-57-51-45-39-33-26-24-22-21-23-25-30-34-40-46-52-58-64-76(3)4/h76-80,85H,7-75H2,1-6H3,(H,90,91)(H,92,93)/t78-,79+,80+/m0/s1. The smallest absolute Gasteiger partial charge is 0.462 e. The van der Waals surface area contributed by atoms with Crippen molar-refractivity contribution >= 4 is 39.5 Å². The third kappa shape index (κ3) is 78.0. The van der Waals surface area contributed by atoms with Gasteiger partial charge in [0.2, 0.25) is 0 Å². The Labute approximate surface area is 632 Å². The Kier molecular flexibility index (Phi) is 74.1. The maximum atomic E-state index is 13.1. The fraction of sp³-hybridized carbons (Fsp3) is 0.952. The minimum atomic E-state index is -4.96. The van der Waals surface area contributed by atoms with Gasteiger partial charge in [0.25, 0.3) is 0 Å². The lowest BCUT2D eigenvalue weighted by atomic mass is 10.0. The highest BCUT2D eigenvalue weighted by Crippen LogP contribution is 2.45. The summed E-state index contributed by atoms with van der Waals surface area (Å²) in [4.78, 5) is 73.1. The molecule has 0 rings (SSSR count). The van der Waals surface area contributed by atoms with E-state index < -0.39 is 97.5 Å². The molecule has 0 aliphatic carbocycles. The number of carbonyl (C=O) groups excluding carboxylic acids is 4. The highest BCUT2D eigenvalue weighted by Gasteiger charge is 2.30. The lowest BCUT2D eigenvalue weighted by Gasteiger charge is -2.21. The minimum absolute atomic E-state index is 0.108. The minimum Gasteiger partial charge on any atom is -0.462 e. The number of hydrogen-bond donors (Lipinski definition) is 3. The molecule has 17 nitrogen and oxygen atoms in total. The molecule has 0 spiro atoms. The van der Waals surface area contributed by atoms with Gasteiger partial charge in [0, 0.05) is 25.7 Å². The maximum Gasteiger partial charge on any atom is 0.472 e. The summed E-state index contributed by atoms with van der Waals surface area (Å²) < 4.78 is 68.8. The van der Waals surface area contributed by atoms with E-state index in [1.165, 1.54) is 263 Å². The normalized spacial score (nSPS) is 13.9. The summed E-state index contributed by atoms with van der Waals surface area (Å²) in [6, 6.07) is 0. The van der Waals surface area contributed by atoms with Crippen molar-refractivity contribution in [2.75, 3.05) is 39.6 Å². The van der Waals surface area contributed by atoms with Crippen LogP contribution in [0.1, 0.15) is 446 Å². The van der Waals surface area contributed by atoms with E-state index in [1.807, 2.05) is 0 Å². The SMILES string of the molecule is CCCCCCCCCCCCCCCC(=O)O[C@H](COC(=O)CCCCCCCCCCCCCC)COP(=O)(O)OC[C@H](O)COP(=O)(O)OC[C@@H](COC(=O)CCCCCCCCCCCCCCCCC(C)C)OC(=O)CCCCCCCCCCCCCCCCCCCCC(C)C. The Morgan fingerprint density at radius 1 is 0.262 bits per heavy atom. The van der Waals surface area contributed by atoms with Crippen molar-refractivity contribution in [1.29, 1.82) is 0 Å². The van der Waals surface area contributed by atoms with E-state index in [4.69, 9.17) is 37.0 Å². The van der Waals surface area contributed by atoms with Crippen LogP contribution in [0, 0.1) is 11.8 Å². The van der Waals surface area contributed by atoms with Crippen molar-refractivity contribution in [3.8, 4) is 0 Å². The van der Waals surface area contributed by atoms with Crippen molar-refractivity contribution in [3.63, 3.8) is 0 Å². The quantitative estimate of drug-likeness (QED) is 0.0222. The van der Waals surface area contributed by atoms with Gasteiger partial charge in [-0.3, -0.25) is 37.3 Å². The Hall–Kier alpha value is -1.94. The molecule has 0 aromatic carbocycles. The van der Waals surface area contributed by atoms with Crippen LogP contribution in [0.25, 0.3) is 0 Å². The second-order valence-electron chi connectivity index (χ2n) is 31.2. The molecule has 0 amide bonds. The number of rotatable bonds is 83. The number of aliphatic hydroxyl groups excluding tert-OH is 1. The Morgan fingerprint density at radius 3 is 0.660 bits per heavy atom. The van der Waals surface area contributed by atoms with Crippen LogP contribution in [0.3, 0.4) is 0 Å². The van der Waals surface area contributed by atoms with Crippen LogP contribution in [0.4, 0.5) is 0 Å². The zero-order chi connectivity index (χ0) is 75.6. The van der Waals surface area contributed by atoms with Crippen LogP contribution in [0.15, 0.2) is 0 Å². The predicted octanol–water partition coefficient (Wildman–Crippen LogP) is 25.5. The van der Waals surface area contributed by atoms with Crippen LogP contribution in [-0.4, -0.2) is 96.7 Å². The van der Waals surface area contributed by atoms with Gasteiger partial charge in [-0.05, 0) is 37.5 Å². The van der Waals surface area contributed by atoms with Gasteiger partial charge in [0.1, 0.15) is 19.3 Å². The number of hydrogen-bond acceptors (Lipinski definition) is 15. The first-order valence-corrected chi connectivity index (χ1v) is 46.5. The van der Waals surface area contributed by atoms with Crippen LogP contribution >= 0.6 is 15.6 Å². The fourth-order valence-electron chi connectivity index (χ4n) is 13.1. The molecule has 2 unspecified atom stereocenters. The van der Waals surface area contributed by atoms with E-state index in [0.29, 0.717) is 25.7 Å². The second kappa shape index (κ2) is 75.5. The summed E-state index contributed by atoms with van der Waals surface area (Å²) in [6.07, 6.45) is 66.5. The number of ether oxygens (including phenoxy) is 4. The van der Waals surface area contributed by atoms with Crippen molar-refractivity contribution < 1.29 is 80.2 Å². The number of carbonyl (C=O) groups is 4. The molecule has 0 aliphatic heterocycles. The zero-order valence-electron chi connectivity index (χ0n) is 67.6. The zero-order valence-corrected chi connectivity index (χ0v) is 69.4. The fourth-order valence-corrected chi connectivity index (χ4v) is 14.6.